The Morgan fingerprint density at radius 3 is 2.66 bits per heavy atom. The Balaban J connectivity index is 1.60. The summed E-state index contributed by atoms with van der Waals surface area (Å²) in [4.78, 5) is 29.0. The lowest BCUT2D eigenvalue weighted by atomic mass is 10.0. The lowest BCUT2D eigenvalue weighted by Crippen LogP contribution is -2.32. The molecule has 13 heteroatoms. The Kier molecular flexibility index (Phi) is 4.17. The molecule has 2 aromatic heterocycles. The Morgan fingerprint density at radius 1 is 1.19 bits per heavy atom. The lowest BCUT2D eigenvalue weighted by Gasteiger charge is -2.21. The summed E-state index contributed by atoms with van der Waals surface area (Å²) in [5, 5.41) is 10.4. The first-order valence-electron chi connectivity index (χ1n) is 9.02. The van der Waals surface area contributed by atoms with Crippen LogP contribution in [-0.4, -0.2) is 34.6 Å². The quantitative estimate of drug-likeness (QED) is 0.268. The highest BCUT2D eigenvalue weighted by Gasteiger charge is 2.48. The maximum atomic E-state index is 12.9. The molecule has 5 rings (SSSR count). The summed E-state index contributed by atoms with van der Waals surface area (Å²) in [7, 11) is -5.83. The molecule has 0 saturated heterocycles. The lowest BCUT2D eigenvalue weighted by molar-refractivity contribution is -0.157. The van der Waals surface area contributed by atoms with Crippen molar-refractivity contribution in [1.82, 2.24) is 9.55 Å². The van der Waals surface area contributed by atoms with Gasteiger partial charge in [-0.3, -0.25) is 4.79 Å². The summed E-state index contributed by atoms with van der Waals surface area (Å²) in [5.41, 5.74) is -4.17. The molecule has 32 heavy (non-hydrogen) atoms. The van der Waals surface area contributed by atoms with Crippen molar-refractivity contribution in [1.29, 1.82) is 0 Å². The van der Waals surface area contributed by atoms with Crippen molar-refractivity contribution < 1.29 is 40.4 Å². The van der Waals surface area contributed by atoms with Gasteiger partial charge in [0.1, 0.15) is 12.4 Å². The average Bonchev–Trinajstić information content (AvgIpc) is 3.06. The third-order valence-corrected chi connectivity index (χ3v) is 6.22. The Morgan fingerprint density at radius 2 is 1.94 bits per heavy atom. The fourth-order valence-corrected chi connectivity index (χ4v) is 4.19. The molecule has 1 aromatic carbocycles. The molecule has 1 atom stereocenters. The molecule has 0 spiro atoms. The van der Waals surface area contributed by atoms with E-state index < -0.39 is 39.0 Å². The smallest absolute Gasteiger partial charge is 0.458 e. The van der Waals surface area contributed by atoms with Crippen LogP contribution < -0.4 is 9.74 Å². The number of nitrogens with zero attached hydrogens (tertiary/aromatic N) is 2. The van der Waals surface area contributed by atoms with Crippen LogP contribution in [0.15, 0.2) is 35.1 Å². The SMILES string of the molecule is O=C1OCc2c(cc3n(c2=O)Cc2cc4cc(OS(=O)(=O)C(F)(F)F)ccc4nc2-3)[C@@H]1O. The zero-order valence-corrected chi connectivity index (χ0v) is 16.5. The molecule has 1 N–H and O–H groups in total. The van der Waals surface area contributed by atoms with Crippen molar-refractivity contribution in [2.75, 3.05) is 0 Å². The van der Waals surface area contributed by atoms with E-state index in [0.29, 0.717) is 27.9 Å². The second kappa shape index (κ2) is 6.53. The van der Waals surface area contributed by atoms with Gasteiger partial charge in [0.05, 0.1) is 29.0 Å². The normalized spacial score (nSPS) is 17.5. The average molecular weight is 468 g/mol. The fraction of sp³-hybridized carbons (Fsp3) is 0.211. The van der Waals surface area contributed by atoms with Gasteiger partial charge < -0.3 is 18.6 Å². The van der Waals surface area contributed by atoms with Crippen LogP contribution in [0.3, 0.4) is 0 Å². The van der Waals surface area contributed by atoms with Gasteiger partial charge in [0, 0.05) is 16.5 Å². The van der Waals surface area contributed by atoms with E-state index in [2.05, 4.69) is 9.17 Å². The second-order valence-corrected chi connectivity index (χ2v) is 8.74. The second-order valence-electron chi connectivity index (χ2n) is 7.20. The molecular formula is C19H11F3N2O7S. The van der Waals surface area contributed by atoms with Crippen molar-refractivity contribution in [2.45, 2.75) is 24.8 Å². The summed E-state index contributed by atoms with van der Waals surface area (Å²) in [6.07, 6.45) is -1.60. The van der Waals surface area contributed by atoms with Crippen LogP contribution >= 0.6 is 0 Å². The van der Waals surface area contributed by atoms with Crippen molar-refractivity contribution >= 4 is 27.0 Å². The van der Waals surface area contributed by atoms with Crippen LogP contribution in [0.25, 0.3) is 22.3 Å². The maximum Gasteiger partial charge on any atom is 0.534 e. The molecule has 0 bridgehead atoms. The van der Waals surface area contributed by atoms with Gasteiger partial charge >= 0.3 is 21.6 Å². The molecule has 9 nitrogen and oxygen atoms in total. The minimum absolute atomic E-state index is 0.0791. The third-order valence-electron chi connectivity index (χ3n) is 5.24. The number of carbonyl (C=O) groups excluding carboxylic acids is 1. The zero-order chi connectivity index (χ0) is 23.0. The number of esters is 1. The monoisotopic (exact) mass is 468 g/mol. The minimum atomic E-state index is -5.83. The Hall–Kier alpha value is -3.45. The summed E-state index contributed by atoms with van der Waals surface area (Å²) < 4.78 is 70.6. The largest absolute Gasteiger partial charge is 0.534 e. The van der Waals surface area contributed by atoms with E-state index in [1.165, 1.54) is 16.7 Å². The van der Waals surface area contributed by atoms with Crippen LogP contribution in [0, 0.1) is 0 Å². The summed E-state index contributed by atoms with van der Waals surface area (Å²) >= 11 is 0. The first kappa shape index (κ1) is 20.5. The molecule has 166 valence electrons. The molecule has 0 amide bonds. The predicted molar refractivity (Wildman–Crippen MR) is 101 cm³/mol. The van der Waals surface area contributed by atoms with E-state index in [-0.39, 0.29) is 24.3 Å². The van der Waals surface area contributed by atoms with Crippen LogP contribution in [0.5, 0.6) is 5.75 Å². The van der Waals surface area contributed by atoms with Crippen LogP contribution in [-0.2, 0) is 32.8 Å². The van der Waals surface area contributed by atoms with Crippen LogP contribution in [0.1, 0.15) is 22.8 Å². The number of aliphatic hydroxyl groups excluding tert-OH is 1. The van der Waals surface area contributed by atoms with Crippen molar-refractivity contribution in [3.8, 4) is 17.1 Å². The first-order valence-corrected chi connectivity index (χ1v) is 10.4. The number of rotatable bonds is 2. The predicted octanol–water partition coefficient (Wildman–Crippen LogP) is 1.74. The number of hydrogen-bond donors (Lipinski definition) is 1. The van der Waals surface area contributed by atoms with E-state index in [0.717, 1.165) is 12.1 Å². The van der Waals surface area contributed by atoms with Crippen molar-refractivity contribution in [3.05, 3.63) is 57.4 Å². The molecule has 0 saturated carbocycles. The number of carbonyl (C=O) groups is 1. The van der Waals surface area contributed by atoms with Gasteiger partial charge in [0.25, 0.3) is 5.56 Å². The number of benzene rings is 1. The first-order chi connectivity index (χ1) is 15.0. The fourth-order valence-electron chi connectivity index (χ4n) is 3.74. The molecule has 3 aromatic rings. The number of pyridine rings is 2. The van der Waals surface area contributed by atoms with Gasteiger partial charge in [-0.2, -0.15) is 21.6 Å². The summed E-state index contributed by atoms with van der Waals surface area (Å²) in [5.74, 6) is -1.41. The Labute approximate surface area is 176 Å². The zero-order valence-electron chi connectivity index (χ0n) is 15.7. The molecule has 0 unspecified atom stereocenters. The van der Waals surface area contributed by atoms with Gasteiger partial charge in [0.15, 0.2) is 6.10 Å². The molecular weight excluding hydrogens is 457 g/mol. The van der Waals surface area contributed by atoms with Crippen molar-refractivity contribution in [2.24, 2.45) is 0 Å². The highest BCUT2D eigenvalue weighted by atomic mass is 32.2. The molecule has 0 fully saturated rings. The molecule has 0 aliphatic carbocycles. The standard InChI is InChI=1S/C19H11F3N2O7S/c20-19(21,22)32(28,29)31-10-1-2-13-8(4-10)3-9-6-24-14(15(9)23-13)5-11-12(17(24)26)7-30-18(27)16(11)25/h1-5,16,25H,6-7H2/t16-/m0/s1. The van der Waals surface area contributed by atoms with Crippen LogP contribution in [0.4, 0.5) is 13.2 Å². The van der Waals surface area contributed by atoms with Gasteiger partial charge in [-0.05, 0) is 30.3 Å². The van der Waals surface area contributed by atoms with Crippen molar-refractivity contribution in [3.63, 3.8) is 0 Å². The van der Waals surface area contributed by atoms with E-state index in [1.807, 2.05) is 0 Å². The molecule has 0 radical (unpaired) electrons. The van der Waals surface area contributed by atoms with Gasteiger partial charge in [0.2, 0.25) is 0 Å². The van der Waals surface area contributed by atoms with E-state index in [9.17, 15) is 36.3 Å². The number of aromatic nitrogens is 2. The number of ether oxygens (including phenoxy) is 1. The minimum Gasteiger partial charge on any atom is -0.458 e. The molecule has 4 heterocycles. The third kappa shape index (κ3) is 2.96. The summed E-state index contributed by atoms with van der Waals surface area (Å²) in [6, 6.07) is 6.44. The van der Waals surface area contributed by atoms with Gasteiger partial charge in [-0.15, -0.1) is 0 Å². The summed E-state index contributed by atoms with van der Waals surface area (Å²) in [6.45, 7) is -0.194. The van der Waals surface area contributed by atoms with Gasteiger partial charge in [-0.25, -0.2) is 9.78 Å². The van der Waals surface area contributed by atoms with Gasteiger partial charge in [-0.1, -0.05) is 0 Å². The maximum absolute atomic E-state index is 12.9. The van der Waals surface area contributed by atoms with Crippen LogP contribution in [0.2, 0.25) is 0 Å². The highest BCUT2D eigenvalue weighted by molar-refractivity contribution is 7.88. The van der Waals surface area contributed by atoms with E-state index in [1.54, 1.807) is 6.07 Å². The number of alkyl halides is 3. The number of fused-ring (bicyclic) bond motifs is 5. The Bertz CT molecular complexity index is 1500. The number of aliphatic hydroxyl groups is 1. The van der Waals surface area contributed by atoms with E-state index in [4.69, 9.17) is 4.74 Å². The number of halogens is 3. The van der Waals surface area contributed by atoms with E-state index >= 15 is 0 Å². The number of cyclic esters (lactones) is 1. The highest BCUT2D eigenvalue weighted by Crippen LogP contribution is 2.36. The molecule has 2 aliphatic rings. The molecule has 2 aliphatic heterocycles. The topological polar surface area (TPSA) is 125 Å². The number of hydrogen-bond acceptors (Lipinski definition) is 8.